The summed E-state index contributed by atoms with van der Waals surface area (Å²) in [5, 5.41) is 11.7. The second kappa shape index (κ2) is 20.4. The minimum atomic E-state index is -0.599. The van der Waals surface area contributed by atoms with E-state index in [1.807, 2.05) is 33.8 Å². The van der Waals surface area contributed by atoms with Crippen LogP contribution in [0.15, 0.2) is 104 Å². The summed E-state index contributed by atoms with van der Waals surface area (Å²) < 4.78 is 30.4. The van der Waals surface area contributed by atoms with Gasteiger partial charge in [-0.2, -0.15) is 0 Å². The van der Waals surface area contributed by atoms with Gasteiger partial charge in [0.1, 0.15) is 52.9 Å². The molecule has 0 bridgehead atoms. The maximum atomic E-state index is 6.49. The smallest absolute Gasteiger partial charge is 0.163 e. The molecule has 0 radical (unpaired) electrons. The SMILES string of the molecule is C.C=Cc1ncnc2c1ccn2[C@@H]1C[C@H](CCc2ccc3ccc(NCC4CC4)nc3c2)[C@H]2OC(C)(C)O[C@H]21.CC1(C)O[C@@H]2[C@@H](CCc3ccc4ccc(NCC5CC5)nc4c3)C[C@@H](n3ccc4c(Cl)ncnc43)[C@@H]2O1. The number of aromatic nitrogens is 8. The standard InChI is InChI=1S/C31H35N5O2.C29H32ClN5O2.CH4/c1-4-24-23-13-14-36(30(23)34-18-33-24)26-16-22(28-29(26)38-31(2,3)37-28)10-8-19-7-9-21-11-12-27(35-25(21)15-19)32-17-20-5-6-20;1-29(2)36-25-20(14-23(26(25)37-29)35-12-11-21-27(30)32-16-33-28(21)35)8-6-17-5-7-19-9-10-24(34-22(19)13-17)31-15-18-3-4-18;/h4,7,9,11-15,18,20,22,26,28-29H,1,5-6,8,10,16-17H2,2-3H3,(H,32,35);5,7,9-13,16,18,20,23,25-26H,3-4,6,8,14-15H2,1-2H3,(H,31,34);1H4/t22-,26+,28+,29-;20-,23+,25+,26-;/m00./s1. The van der Waals surface area contributed by atoms with Crippen LogP contribution in [0.2, 0.25) is 5.15 Å². The van der Waals surface area contributed by atoms with Gasteiger partial charge in [-0.3, -0.25) is 0 Å². The van der Waals surface area contributed by atoms with E-state index in [-0.39, 0.29) is 43.9 Å². The molecule has 76 heavy (non-hydrogen) atoms. The summed E-state index contributed by atoms with van der Waals surface area (Å²) in [5.41, 5.74) is 7.38. The molecule has 2 saturated heterocycles. The van der Waals surface area contributed by atoms with Crippen LogP contribution in [0.25, 0.3) is 49.9 Å². The number of ether oxygens (including phenoxy) is 4. The Morgan fingerprint density at radius 3 is 1.57 bits per heavy atom. The summed E-state index contributed by atoms with van der Waals surface area (Å²) in [6.07, 6.45) is 20.5. The molecule has 8 aromatic rings. The molecule has 15 heteroatoms. The van der Waals surface area contributed by atoms with Crippen molar-refractivity contribution >= 4 is 73.2 Å². The number of halogens is 1. The Balaban J connectivity index is 0.000000151. The van der Waals surface area contributed by atoms with Crippen LogP contribution in [0.4, 0.5) is 11.6 Å². The number of fused-ring (bicyclic) bond motifs is 6. The van der Waals surface area contributed by atoms with Crippen LogP contribution in [0.5, 0.6) is 0 Å². The minimum Gasteiger partial charge on any atom is -0.370 e. The molecule has 14 nitrogen and oxygen atoms in total. The average molecular weight is 1040 g/mol. The van der Waals surface area contributed by atoms with E-state index in [9.17, 15) is 0 Å². The van der Waals surface area contributed by atoms with Crippen molar-refractivity contribution in [1.29, 1.82) is 0 Å². The number of nitrogens with one attached hydrogen (secondary N) is 2. The molecule has 6 aromatic heterocycles. The number of benzene rings is 2. The molecule has 2 aromatic carbocycles. The van der Waals surface area contributed by atoms with Gasteiger partial charge in [0.25, 0.3) is 0 Å². The summed E-state index contributed by atoms with van der Waals surface area (Å²) in [7, 11) is 0. The fraction of sp³-hybridized carbons (Fsp3) is 0.475. The molecule has 2 N–H and O–H groups in total. The number of aryl methyl sites for hydroxylation is 2. The highest BCUT2D eigenvalue weighted by molar-refractivity contribution is 6.33. The maximum Gasteiger partial charge on any atom is 0.163 e. The van der Waals surface area contributed by atoms with Crippen molar-refractivity contribution in [3.05, 3.63) is 126 Å². The van der Waals surface area contributed by atoms with Gasteiger partial charge in [-0.15, -0.1) is 0 Å². The lowest BCUT2D eigenvalue weighted by molar-refractivity contribution is -0.160. The van der Waals surface area contributed by atoms with Gasteiger partial charge >= 0.3 is 0 Å². The largest absolute Gasteiger partial charge is 0.370 e. The second-order valence-electron chi connectivity index (χ2n) is 23.0. The van der Waals surface area contributed by atoms with Crippen LogP contribution in [0.1, 0.15) is 115 Å². The Hall–Kier alpha value is -6.03. The highest BCUT2D eigenvalue weighted by atomic mass is 35.5. The summed E-state index contributed by atoms with van der Waals surface area (Å²) in [4.78, 5) is 27.5. The van der Waals surface area contributed by atoms with E-state index in [4.69, 9.17) is 40.5 Å². The molecule has 0 amide bonds. The van der Waals surface area contributed by atoms with E-state index in [1.54, 1.807) is 12.4 Å². The van der Waals surface area contributed by atoms with Crippen LogP contribution in [-0.2, 0) is 31.8 Å². The fourth-order valence-corrected chi connectivity index (χ4v) is 12.7. The third kappa shape index (κ3) is 10.3. The van der Waals surface area contributed by atoms with Crippen molar-refractivity contribution in [2.75, 3.05) is 23.7 Å². The lowest BCUT2D eigenvalue weighted by Crippen LogP contribution is -2.27. The van der Waals surface area contributed by atoms with Gasteiger partial charge in [-0.1, -0.05) is 49.9 Å². The fourth-order valence-electron chi connectivity index (χ4n) is 12.5. The van der Waals surface area contributed by atoms with Crippen molar-refractivity contribution in [3.63, 3.8) is 0 Å². The lowest BCUT2D eigenvalue weighted by atomic mass is 9.95. The van der Waals surface area contributed by atoms with Gasteiger partial charge in [0.2, 0.25) is 0 Å². The van der Waals surface area contributed by atoms with Crippen molar-refractivity contribution in [2.45, 2.75) is 147 Å². The van der Waals surface area contributed by atoms with Gasteiger partial charge in [0.05, 0.1) is 46.4 Å². The van der Waals surface area contributed by atoms with Gasteiger partial charge in [0.15, 0.2) is 11.6 Å². The summed E-state index contributed by atoms with van der Waals surface area (Å²) in [6, 6.07) is 26.3. The van der Waals surface area contributed by atoms with Crippen LogP contribution >= 0.6 is 11.6 Å². The molecular weight excluding hydrogens is 972 g/mol. The number of rotatable bonds is 15. The molecular formula is C61H71ClN10O4. The van der Waals surface area contributed by atoms with Crippen LogP contribution in [-0.4, -0.2) is 88.1 Å². The van der Waals surface area contributed by atoms with Crippen LogP contribution in [0.3, 0.4) is 0 Å². The quantitative estimate of drug-likeness (QED) is 0.0942. The monoisotopic (exact) mass is 1040 g/mol. The first kappa shape index (κ1) is 50.8. The molecule has 0 unspecified atom stereocenters. The molecule has 14 rings (SSSR count). The second-order valence-corrected chi connectivity index (χ2v) is 23.3. The zero-order chi connectivity index (χ0) is 51.0. The Morgan fingerprint density at radius 2 is 1.07 bits per heavy atom. The lowest BCUT2D eigenvalue weighted by Gasteiger charge is -2.24. The Labute approximate surface area is 450 Å². The van der Waals surface area contributed by atoms with Crippen molar-refractivity contribution < 1.29 is 18.9 Å². The predicted octanol–water partition coefficient (Wildman–Crippen LogP) is 13.0. The molecule has 396 valence electrons. The van der Waals surface area contributed by atoms with E-state index in [2.05, 4.69) is 125 Å². The Kier molecular flexibility index (Phi) is 13.6. The first-order valence-corrected chi connectivity index (χ1v) is 27.7. The van der Waals surface area contributed by atoms with Crippen LogP contribution < -0.4 is 10.6 Å². The van der Waals surface area contributed by atoms with E-state index in [0.717, 1.165) is 114 Å². The highest BCUT2D eigenvalue weighted by Crippen LogP contribution is 2.51. The number of anilines is 2. The molecule has 4 aliphatic carbocycles. The molecule has 0 spiro atoms. The van der Waals surface area contributed by atoms with Crippen molar-refractivity contribution in [1.82, 2.24) is 39.0 Å². The third-order valence-corrected chi connectivity index (χ3v) is 17.0. The summed E-state index contributed by atoms with van der Waals surface area (Å²) in [6.45, 7) is 14.0. The topological polar surface area (TPSA) is 148 Å². The number of nitrogens with zero attached hydrogens (tertiary/aromatic N) is 8. The molecule has 6 fully saturated rings. The van der Waals surface area contributed by atoms with Gasteiger partial charge in [-0.05, 0) is 181 Å². The van der Waals surface area contributed by atoms with Gasteiger partial charge in [0, 0.05) is 41.6 Å². The molecule has 8 heterocycles. The zero-order valence-corrected chi connectivity index (χ0v) is 44.1. The molecule has 6 aliphatic rings. The average Bonchev–Trinajstić information content (AvgIpc) is 4.17. The minimum absolute atomic E-state index is 0. The van der Waals surface area contributed by atoms with E-state index < -0.39 is 11.6 Å². The van der Waals surface area contributed by atoms with E-state index >= 15 is 0 Å². The predicted molar refractivity (Wildman–Crippen MR) is 301 cm³/mol. The summed E-state index contributed by atoms with van der Waals surface area (Å²) >= 11 is 6.34. The summed E-state index contributed by atoms with van der Waals surface area (Å²) in [5.74, 6) is 3.17. The van der Waals surface area contributed by atoms with Crippen molar-refractivity contribution in [2.24, 2.45) is 23.7 Å². The van der Waals surface area contributed by atoms with Crippen molar-refractivity contribution in [3.8, 4) is 0 Å². The normalized spacial score (nSPS) is 26.1. The van der Waals surface area contributed by atoms with E-state index in [0.29, 0.717) is 17.0 Å². The number of hydrogen-bond acceptors (Lipinski definition) is 12. The van der Waals surface area contributed by atoms with Gasteiger partial charge < -0.3 is 38.7 Å². The molecule has 2 aliphatic heterocycles. The zero-order valence-electron chi connectivity index (χ0n) is 43.4. The Morgan fingerprint density at radius 1 is 0.605 bits per heavy atom. The Bertz CT molecular complexity index is 3420. The van der Waals surface area contributed by atoms with E-state index in [1.165, 1.54) is 53.9 Å². The third-order valence-electron chi connectivity index (χ3n) is 16.7. The highest BCUT2D eigenvalue weighted by Gasteiger charge is 2.55. The molecule has 4 saturated carbocycles. The van der Waals surface area contributed by atoms with Crippen LogP contribution in [0, 0.1) is 23.7 Å². The molecule has 8 atom stereocenters. The number of pyridine rings is 2. The van der Waals surface area contributed by atoms with Gasteiger partial charge in [-0.25, -0.2) is 29.9 Å². The first-order chi connectivity index (χ1) is 36.4. The number of hydrogen-bond donors (Lipinski definition) is 2. The maximum absolute atomic E-state index is 6.49. The first-order valence-electron chi connectivity index (χ1n) is 27.3.